The van der Waals surface area contributed by atoms with E-state index in [2.05, 4.69) is 10.3 Å². The number of benzene rings is 2. The summed E-state index contributed by atoms with van der Waals surface area (Å²) >= 11 is 0. The van der Waals surface area contributed by atoms with Crippen molar-refractivity contribution >= 4 is 29.4 Å². The van der Waals surface area contributed by atoms with Gasteiger partial charge in [0.25, 0.3) is 11.6 Å². The van der Waals surface area contributed by atoms with Gasteiger partial charge in [0.15, 0.2) is 11.5 Å². The molecule has 0 saturated carbocycles. The van der Waals surface area contributed by atoms with Gasteiger partial charge >= 0.3 is 6.03 Å². The van der Waals surface area contributed by atoms with Crippen LogP contribution in [0, 0.1) is 10.1 Å². The molecule has 1 fully saturated rings. The van der Waals surface area contributed by atoms with Gasteiger partial charge in [-0.1, -0.05) is 24.3 Å². The molecule has 0 unspecified atom stereocenters. The molecule has 0 spiro atoms. The molecule has 1 aromatic heterocycles. The molecule has 10 nitrogen and oxygen atoms in total. The van der Waals surface area contributed by atoms with Crippen LogP contribution in [0.5, 0.6) is 17.4 Å². The van der Waals surface area contributed by atoms with E-state index in [0.29, 0.717) is 22.7 Å². The second kappa shape index (κ2) is 8.56. The van der Waals surface area contributed by atoms with Gasteiger partial charge in [-0.3, -0.25) is 14.9 Å². The number of anilines is 1. The van der Waals surface area contributed by atoms with E-state index < -0.39 is 16.9 Å². The van der Waals surface area contributed by atoms with Crippen LogP contribution in [0.15, 0.2) is 72.6 Å². The molecule has 1 saturated heterocycles. The van der Waals surface area contributed by atoms with E-state index in [4.69, 9.17) is 9.47 Å². The lowest BCUT2D eigenvalue weighted by Gasteiger charge is -2.11. The van der Waals surface area contributed by atoms with Gasteiger partial charge in [0.2, 0.25) is 5.88 Å². The molecule has 3 amide bonds. The maximum Gasteiger partial charge on any atom is 0.333 e. The number of carbonyl (C=O) groups excluding carboxylic acids is 2. The van der Waals surface area contributed by atoms with Crippen LogP contribution in [0.25, 0.3) is 6.08 Å². The van der Waals surface area contributed by atoms with Crippen molar-refractivity contribution in [2.24, 2.45) is 0 Å². The average Bonchev–Trinajstić information content (AvgIpc) is 3.08. The molecule has 4 rings (SSSR count). The van der Waals surface area contributed by atoms with Crippen LogP contribution in [0.4, 0.5) is 16.2 Å². The Hall–Kier alpha value is -4.73. The van der Waals surface area contributed by atoms with Crippen molar-refractivity contribution in [3.8, 4) is 17.4 Å². The van der Waals surface area contributed by atoms with Gasteiger partial charge in [-0.2, -0.15) is 0 Å². The first-order valence-electron chi connectivity index (χ1n) is 9.35. The summed E-state index contributed by atoms with van der Waals surface area (Å²) in [5, 5.41) is 13.3. The third-order valence-corrected chi connectivity index (χ3v) is 4.54. The van der Waals surface area contributed by atoms with E-state index >= 15 is 0 Å². The molecular weight excluding hydrogens is 416 g/mol. The molecule has 0 bridgehead atoms. The van der Waals surface area contributed by atoms with E-state index in [1.807, 2.05) is 0 Å². The molecule has 1 aliphatic rings. The number of amides is 3. The lowest BCUT2D eigenvalue weighted by molar-refractivity contribution is -0.385. The second-order valence-electron chi connectivity index (χ2n) is 6.59. The number of aromatic nitrogens is 1. The summed E-state index contributed by atoms with van der Waals surface area (Å²) in [5.41, 5.74) is 1.02. The number of hydrogen-bond donors (Lipinski definition) is 1. The van der Waals surface area contributed by atoms with Crippen LogP contribution in [0.3, 0.4) is 0 Å². The van der Waals surface area contributed by atoms with Gasteiger partial charge in [-0.15, -0.1) is 0 Å². The molecule has 2 aromatic carbocycles. The number of hydrogen-bond acceptors (Lipinski definition) is 7. The van der Waals surface area contributed by atoms with Gasteiger partial charge in [-0.25, -0.2) is 14.7 Å². The minimum absolute atomic E-state index is 0.117. The number of ether oxygens (including phenoxy) is 2. The third kappa shape index (κ3) is 4.10. The summed E-state index contributed by atoms with van der Waals surface area (Å²) < 4.78 is 11.0. The number of methoxy groups -OCH3 is 1. The lowest BCUT2D eigenvalue weighted by Crippen LogP contribution is -2.30. The summed E-state index contributed by atoms with van der Waals surface area (Å²) in [5.74, 6) is 0.340. The van der Waals surface area contributed by atoms with Gasteiger partial charge < -0.3 is 14.8 Å². The Morgan fingerprint density at radius 3 is 2.50 bits per heavy atom. The molecule has 0 atom stereocenters. The zero-order chi connectivity index (χ0) is 22.7. The number of urea groups is 1. The molecule has 160 valence electrons. The van der Waals surface area contributed by atoms with E-state index in [-0.39, 0.29) is 17.3 Å². The highest BCUT2D eigenvalue weighted by Crippen LogP contribution is 2.33. The smallest absolute Gasteiger partial charge is 0.333 e. The topological polar surface area (TPSA) is 124 Å². The molecule has 2 heterocycles. The predicted molar refractivity (Wildman–Crippen MR) is 114 cm³/mol. The molecule has 10 heteroatoms. The largest absolute Gasteiger partial charge is 0.493 e. The van der Waals surface area contributed by atoms with Crippen LogP contribution >= 0.6 is 0 Å². The minimum atomic E-state index is -0.554. The van der Waals surface area contributed by atoms with Crippen molar-refractivity contribution in [1.29, 1.82) is 0 Å². The Morgan fingerprint density at radius 2 is 1.84 bits per heavy atom. The molecule has 3 aromatic rings. The number of carbonyl (C=O) groups is 2. The van der Waals surface area contributed by atoms with Gasteiger partial charge in [0.05, 0.1) is 17.7 Å². The summed E-state index contributed by atoms with van der Waals surface area (Å²) in [6, 6.07) is 15.6. The Kier molecular flexibility index (Phi) is 5.49. The Labute approximate surface area is 181 Å². The number of nitrogens with one attached hydrogen (secondary N) is 1. The van der Waals surface area contributed by atoms with Crippen LogP contribution in [-0.2, 0) is 4.79 Å². The predicted octanol–water partition coefficient (Wildman–Crippen LogP) is 3.89. The molecule has 1 aliphatic heterocycles. The minimum Gasteiger partial charge on any atom is -0.493 e. The summed E-state index contributed by atoms with van der Waals surface area (Å²) in [6.45, 7) is 0. The van der Waals surface area contributed by atoms with Crippen molar-refractivity contribution < 1.29 is 24.0 Å². The Bertz CT molecular complexity index is 1220. The monoisotopic (exact) mass is 432 g/mol. The number of nitro groups is 1. The molecule has 32 heavy (non-hydrogen) atoms. The first kappa shape index (κ1) is 20.5. The zero-order valence-electron chi connectivity index (χ0n) is 16.7. The van der Waals surface area contributed by atoms with Crippen molar-refractivity contribution in [3.05, 3.63) is 88.2 Å². The highest BCUT2D eigenvalue weighted by atomic mass is 16.6. The summed E-state index contributed by atoms with van der Waals surface area (Å²) in [6.07, 6.45) is 2.62. The number of rotatable bonds is 6. The second-order valence-corrected chi connectivity index (χ2v) is 6.59. The fourth-order valence-electron chi connectivity index (χ4n) is 3.03. The number of imide groups is 1. The number of pyridine rings is 1. The van der Waals surface area contributed by atoms with Crippen LogP contribution in [0.2, 0.25) is 0 Å². The molecule has 0 radical (unpaired) electrons. The first-order valence-corrected chi connectivity index (χ1v) is 9.35. The van der Waals surface area contributed by atoms with E-state index in [1.54, 1.807) is 48.5 Å². The van der Waals surface area contributed by atoms with Gasteiger partial charge in [0, 0.05) is 12.1 Å². The number of para-hydroxylation sites is 1. The third-order valence-electron chi connectivity index (χ3n) is 4.54. The average molecular weight is 432 g/mol. The van der Waals surface area contributed by atoms with E-state index in [1.165, 1.54) is 25.3 Å². The van der Waals surface area contributed by atoms with Crippen molar-refractivity contribution in [1.82, 2.24) is 10.3 Å². The van der Waals surface area contributed by atoms with Crippen molar-refractivity contribution in [2.75, 3.05) is 12.0 Å². The Morgan fingerprint density at radius 1 is 1.06 bits per heavy atom. The first-order chi connectivity index (χ1) is 15.5. The fourth-order valence-corrected chi connectivity index (χ4v) is 3.03. The van der Waals surface area contributed by atoms with Crippen LogP contribution < -0.4 is 19.7 Å². The van der Waals surface area contributed by atoms with Gasteiger partial charge in [0.1, 0.15) is 11.9 Å². The zero-order valence-corrected chi connectivity index (χ0v) is 16.7. The highest BCUT2D eigenvalue weighted by molar-refractivity contribution is 6.28. The molecular formula is C22H16N4O6. The summed E-state index contributed by atoms with van der Waals surface area (Å²) in [7, 11) is 1.45. The maximum absolute atomic E-state index is 12.7. The van der Waals surface area contributed by atoms with Crippen molar-refractivity contribution in [3.63, 3.8) is 0 Å². The van der Waals surface area contributed by atoms with Crippen molar-refractivity contribution in [2.45, 2.75) is 0 Å². The number of nitrogens with zero attached hydrogens (tertiary/aromatic N) is 3. The Balaban J connectivity index is 1.56. The SMILES string of the molecule is COc1cc(/C=C2/NC(=O)N(c3ccccc3)C2=O)ccc1Oc1ccc([N+](=O)[O-])cn1. The quantitative estimate of drug-likeness (QED) is 0.271. The normalized spacial score (nSPS) is 14.4. The molecule has 0 aliphatic carbocycles. The van der Waals surface area contributed by atoms with Gasteiger partial charge in [-0.05, 0) is 35.9 Å². The molecule has 1 N–H and O–H groups in total. The van der Waals surface area contributed by atoms with E-state index in [0.717, 1.165) is 11.1 Å². The van der Waals surface area contributed by atoms with Crippen LogP contribution in [-0.4, -0.2) is 29.0 Å². The summed E-state index contributed by atoms with van der Waals surface area (Å²) in [4.78, 5) is 40.2. The van der Waals surface area contributed by atoms with E-state index in [9.17, 15) is 19.7 Å². The lowest BCUT2D eigenvalue weighted by atomic mass is 10.1. The standard InChI is InChI=1S/C22H16N4O6/c1-31-19-12-14(7-9-18(19)32-20-10-8-16(13-23-20)26(29)30)11-17-21(27)25(22(28)24-17)15-5-3-2-4-6-15/h2-13H,1H3,(H,24,28)/b17-11+. The highest BCUT2D eigenvalue weighted by Gasteiger charge is 2.34. The van der Waals surface area contributed by atoms with Crippen LogP contribution in [0.1, 0.15) is 5.56 Å². The fraction of sp³-hybridized carbons (Fsp3) is 0.0455. The maximum atomic E-state index is 12.7.